The highest BCUT2D eigenvalue weighted by Crippen LogP contribution is 2.11. The summed E-state index contributed by atoms with van der Waals surface area (Å²) in [5.74, 6) is -0.0996. The molecule has 3 N–H and O–H groups in total. The van der Waals surface area contributed by atoms with E-state index in [1.165, 1.54) is 0 Å². The van der Waals surface area contributed by atoms with Crippen molar-refractivity contribution >= 4 is 18.1 Å². The van der Waals surface area contributed by atoms with Gasteiger partial charge in [-0.2, -0.15) is 0 Å². The van der Waals surface area contributed by atoms with Crippen LogP contribution in [0.4, 0.5) is 9.59 Å². The molecule has 0 unspecified atom stereocenters. The maximum atomic E-state index is 12.9. The van der Waals surface area contributed by atoms with Crippen LogP contribution in [-0.2, 0) is 14.3 Å². The number of hydrogen-bond acceptors (Lipinski definition) is 6. The second kappa shape index (κ2) is 11.2. The number of rotatable bonds is 7. The van der Waals surface area contributed by atoms with Crippen molar-refractivity contribution in [3.8, 4) is 0 Å². The third kappa shape index (κ3) is 11.5. The molecule has 1 saturated heterocycles. The van der Waals surface area contributed by atoms with Gasteiger partial charge >= 0.3 is 12.2 Å². The molecule has 3 amide bonds. The zero-order valence-corrected chi connectivity index (χ0v) is 18.7. The Morgan fingerprint density at radius 1 is 0.931 bits per heavy atom. The second-order valence-corrected chi connectivity index (χ2v) is 9.20. The van der Waals surface area contributed by atoms with E-state index >= 15 is 0 Å². The zero-order chi connectivity index (χ0) is 22.1. The lowest BCUT2D eigenvalue weighted by molar-refractivity contribution is -0.134. The highest BCUT2D eigenvalue weighted by molar-refractivity contribution is 5.85. The van der Waals surface area contributed by atoms with E-state index in [-0.39, 0.29) is 5.91 Å². The molecule has 0 aromatic carbocycles. The fraction of sp³-hybridized carbons (Fsp3) is 0.850. The SMILES string of the molecule is CC(C)(C)OC(=O)NCCCC[C@H](NC(=O)OC(C)(C)C)C(=O)N1CCNCC1. The number of alkyl carbamates (subject to hydrolysis) is 2. The van der Waals surface area contributed by atoms with Crippen molar-refractivity contribution in [1.29, 1.82) is 0 Å². The number of ether oxygens (including phenoxy) is 2. The van der Waals surface area contributed by atoms with Crippen LogP contribution in [0, 0.1) is 0 Å². The Morgan fingerprint density at radius 2 is 1.48 bits per heavy atom. The Balaban J connectivity index is 2.52. The van der Waals surface area contributed by atoms with E-state index in [0.29, 0.717) is 38.9 Å². The third-order valence-corrected chi connectivity index (χ3v) is 4.01. The smallest absolute Gasteiger partial charge is 0.408 e. The summed E-state index contributed by atoms with van der Waals surface area (Å²) in [4.78, 5) is 38.5. The fourth-order valence-electron chi connectivity index (χ4n) is 2.79. The summed E-state index contributed by atoms with van der Waals surface area (Å²) in [6.07, 6.45) is 0.739. The lowest BCUT2D eigenvalue weighted by Gasteiger charge is -2.31. The average molecular weight is 415 g/mol. The van der Waals surface area contributed by atoms with Crippen molar-refractivity contribution in [2.24, 2.45) is 0 Å². The molecule has 0 saturated carbocycles. The monoisotopic (exact) mass is 414 g/mol. The molecule has 0 bridgehead atoms. The largest absolute Gasteiger partial charge is 0.444 e. The lowest BCUT2D eigenvalue weighted by Crippen LogP contribution is -2.54. The minimum absolute atomic E-state index is 0.0996. The molecule has 0 radical (unpaired) electrons. The van der Waals surface area contributed by atoms with Gasteiger partial charge in [-0.05, 0) is 60.8 Å². The van der Waals surface area contributed by atoms with Gasteiger partial charge in [0, 0.05) is 32.7 Å². The molecule has 1 heterocycles. The molecule has 29 heavy (non-hydrogen) atoms. The predicted octanol–water partition coefficient (Wildman–Crippen LogP) is 2.01. The molecular formula is C20H38N4O5. The standard InChI is InChI=1S/C20H38N4O5/c1-19(2,3)28-17(26)22-10-8-7-9-15(23-18(27)29-20(4,5)6)16(25)24-13-11-21-12-14-24/h15,21H,7-14H2,1-6H3,(H,22,26)(H,23,27)/t15-/m0/s1. The van der Waals surface area contributed by atoms with Crippen LogP contribution in [0.3, 0.4) is 0 Å². The van der Waals surface area contributed by atoms with Crippen LogP contribution >= 0.6 is 0 Å². The Labute approximate surface area is 174 Å². The molecule has 1 aliphatic heterocycles. The highest BCUT2D eigenvalue weighted by Gasteiger charge is 2.28. The van der Waals surface area contributed by atoms with Crippen LogP contribution in [0.15, 0.2) is 0 Å². The van der Waals surface area contributed by atoms with E-state index in [1.54, 1.807) is 46.4 Å². The van der Waals surface area contributed by atoms with Gasteiger partial charge in [0.2, 0.25) is 5.91 Å². The first-order chi connectivity index (χ1) is 13.4. The fourth-order valence-corrected chi connectivity index (χ4v) is 2.79. The van der Waals surface area contributed by atoms with Gasteiger partial charge in [0.15, 0.2) is 0 Å². The Bertz CT molecular complexity index is 548. The van der Waals surface area contributed by atoms with Crippen molar-refractivity contribution < 1.29 is 23.9 Å². The first-order valence-corrected chi connectivity index (χ1v) is 10.3. The number of hydrogen-bond donors (Lipinski definition) is 3. The zero-order valence-electron chi connectivity index (χ0n) is 18.7. The first-order valence-electron chi connectivity index (χ1n) is 10.3. The quantitative estimate of drug-likeness (QED) is 0.550. The minimum atomic E-state index is -0.649. The molecule has 9 heteroatoms. The number of unbranched alkanes of at least 4 members (excludes halogenated alkanes) is 1. The summed E-state index contributed by atoms with van der Waals surface area (Å²) in [6, 6.07) is -0.649. The van der Waals surface area contributed by atoms with E-state index < -0.39 is 29.4 Å². The number of nitrogens with one attached hydrogen (secondary N) is 3. The van der Waals surface area contributed by atoms with Gasteiger partial charge in [0.1, 0.15) is 17.2 Å². The van der Waals surface area contributed by atoms with Gasteiger partial charge in [-0.25, -0.2) is 9.59 Å². The van der Waals surface area contributed by atoms with Crippen molar-refractivity contribution in [1.82, 2.24) is 20.9 Å². The molecule has 1 aliphatic rings. The van der Waals surface area contributed by atoms with Gasteiger partial charge in [-0.3, -0.25) is 4.79 Å². The van der Waals surface area contributed by atoms with E-state index in [1.807, 2.05) is 0 Å². The van der Waals surface area contributed by atoms with Crippen molar-refractivity contribution in [3.63, 3.8) is 0 Å². The van der Waals surface area contributed by atoms with Gasteiger partial charge in [0.25, 0.3) is 0 Å². The van der Waals surface area contributed by atoms with E-state index in [2.05, 4.69) is 16.0 Å². The highest BCUT2D eigenvalue weighted by atomic mass is 16.6. The summed E-state index contributed by atoms with van der Waals surface area (Å²) >= 11 is 0. The molecule has 1 atom stereocenters. The Hall–Kier alpha value is -2.03. The Kier molecular flexibility index (Phi) is 9.68. The number of carbonyl (C=O) groups excluding carboxylic acids is 3. The summed E-state index contributed by atoms with van der Waals surface area (Å²) in [7, 11) is 0. The first kappa shape index (κ1) is 25.0. The van der Waals surface area contributed by atoms with Gasteiger partial charge in [-0.1, -0.05) is 0 Å². The van der Waals surface area contributed by atoms with Gasteiger partial charge < -0.3 is 30.3 Å². The van der Waals surface area contributed by atoms with Crippen molar-refractivity contribution in [3.05, 3.63) is 0 Å². The number of piperazine rings is 1. The summed E-state index contributed by atoms with van der Waals surface area (Å²) in [5, 5.41) is 8.63. The number of carbonyl (C=O) groups is 3. The molecule has 1 fully saturated rings. The molecule has 168 valence electrons. The minimum Gasteiger partial charge on any atom is -0.444 e. The van der Waals surface area contributed by atoms with E-state index in [9.17, 15) is 14.4 Å². The topological polar surface area (TPSA) is 109 Å². The van der Waals surface area contributed by atoms with Crippen molar-refractivity contribution in [2.45, 2.75) is 78.0 Å². The van der Waals surface area contributed by atoms with Crippen LogP contribution < -0.4 is 16.0 Å². The molecule has 0 aliphatic carbocycles. The van der Waals surface area contributed by atoms with Crippen LogP contribution in [0.25, 0.3) is 0 Å². The molecule has 0 spiro atoms. The van der Waals surface area contributed by atoms with Crippen molar-refractivity contribution in [2.75, 3.05) is 32.7 Å². The average Bonchev–Trinajstić information content (AvgIpc) is 2.57. The summed E-state index contributed by atoms with van der Waals surface area (Å²) in [6.45, 7) is 13.9. The van der Waals surface area contributed by atoms with Gasteiger partial charge in [0.05, 0.1) is 0 Å². The predicted molar refractivity (Wildman–Crippen MR) is 111 cm³/mol. The third-order valence-electron chi connectivity index (χ3n) is 4.01. The maximum absolute atomic E-state index is 12.9. The van der Waals surface area contributed by atoms with E-state index in [4.69, 9.17) is 9.47 Å². The molecule has 0 aromatic rings. The maximum Gasteiger partial charge on any atom is 0.408 e. The lowest BCUT2D eigenvalue weighted by atomic mass is 10.1. The summed E-state index contributed by atoms with van der Waals surface area (Å²) < 4.78 is 10.5. The number of nitrogens with zero attached hydrogens (tertiary/aromatic N) is 1. The molecule has 9 nitrogen and oxygen atoms in total. The molecule has 1 rings (SSSR count). The van der Waals surface area contributed by atoms with Crippen LogP contribution in [0.1, 0.15) is 60.8 Å². The van der Waals surface area contributed by atoms with Crippen LogP contribution in [0.2, 0.25) is 0 Å². The molecule has 0 aromatic heterocycles. The molecular weight excluding hydrogens is 376 g/mol. The Morgan fingerprint density at radius 3 is 2.03 bits per heavy atom. The normalized spacial score (nSPS) is 16.0. The van der Waals surface area contributed by atoms with E-state index in [0.717, 1.165) is 13.1 Å². The number of amides is 3. The van der Waals surface area contributed by atoms with Gasteiger partial charge in [-0.15, -0.1) is 0 Å². The summed E-state index contributed by atoms with van der Waals surface area (Å²) in [5.41, 5.74) is -1.17. The second-order valence-electron chi connectivity index (χ2n) is 9.20. The van der Waals surface area contributed by atoms with Crippen LogP contribution in [0.5, 0.6) is 0 Å². The van der Waals surface area contributed by atoms with Crippen LogP contribution in [-0.4, -0.2) is 73.0 Å².